The Labute approximate surface area is 125 Å². The molecule has 0 spiro atoms. The summed E-state index contributed by atoms with van der Waals surface area (Å²) in [4.78, 5) is 24.0. The highest BCUT2D eigenvalue weighted by molar-refractivity contribution is 7.91. The first kappa shape index (κ1) is 17.9. The van der Waals surface area contributed by atoms with Crippen LogP contribution in [0.1, 0.15) is 32.1 Å². The van der Waals surface area contributed by atoms with E-state index < -0.39 is 15.7 Å². The minimum atomic E-state index is -3.34. The van der Waals surface area contributed by atoms with Gasteiger partial charge in [0.25, 0.3) is 0 Å². The standard InChI is InChI=1S/C13H24N2O5S/c1-20-13(17)10-15(11-4-2-3-5-11)7-9-21(18,19)8-6-12(14)16/h11H,2-10H2,1H3,(H2,14,16). The van der Waals surface area contributed by atoms with Crippen molar-refractivity contribution in [1.82, 2.24) is 4.90 Å². The number of hydrogen-bond acceptors (Lipinski definition) is 6. The van der Waals surface area contributed by atoms with Gasteiger partial charge in [-0.25, -0.2) is 8.42 Å². The summed E-state index contributed by atoms with van der Waals surface area (Å²) in [6.45, 7) is 0.382. The van der Waals surface area contributed by atoms with Crippen LogP contribution >= 0.6 is 0 Å². The third-order valence-electron chi connectivity index (χ3n) is 3.75. The minimum absolute atomic E-state index is 0.0756. The van der Waals surface area contributed by atoms with Gasteiger partial charge in [-0.3, -0.25) is 14.5 Å². The summed E-state index contributed by atoms with van der Waals surface area (Å²) in [6.07, 6.45) is 3.97. The van der Waals surface area contributed by atoms with Crippen molar-refractivity contribution >= 4 is 21.7 Å². The number of amides is 1. The summed E-state index contributed by atoms with van der Waals surface area (Å²) in [5.74, 6) is -1.30. The predicted molar refractivity (Wildman–Crippen MR) is 78.3 cm³/mol. The van der Waals surface area contributed by atoms with E-state index in [0.717, 1.165) is 25.7 Å². The van der Waals surface area contributed by atoms with E-state index in [1.807, 2.05) is 4.90 Å². The molecule has 2 N–H and O–H groups in total. The molecule has 1 fully saturated rings. The van der Waals surface area contributed by atoms with E-state index in [1.54, 1.807) is 0 Å². The predicted octanol–water partition coefficient (Wildman–Crippen LogP) is -0.306. The van der Waals surface area contributed by atoms with Crippen LogP contribution in [0.25, 0.3) is 0 Å². The number of hydrogen-bond donors (Lipinski definition) is 1. The van der Waals surface area contributed by atoms with Gasteiger partial charge in [0, 0.05) is 19.0 Å². The van der Waals surface area contributed by atoms with Crippen molar-refractivity contribution in [2.75, 3.05) is 31.7 Å². The molecule has 0 heterocycles. The first-order valence-electron chi connectivity index (χ1n) is 7.13. The van der Waals surface area contributed by atoms with Gasteiger partial charge in [-0.2, -0.15) is 0 Å². The molecule has 7 nitrogen and oxygen atoms in total. The molecule has 1 rings (SSSR count). The number of ether oxygens (including phenoxy) is 1. The second-order valence-electron chi connectivity index (χ2n) is 5.35. The van der Waals surface area contributed by atoms with Gasteiger partial charge in [0.15, 0.2) is 9.84 Å². The van der Waals surface area contributed by atoms with Crippen LogP contribution in [0.15, 0.2) is 0 Å². The van der Waals surface area contributed by atoms with Gasteiger partial charge < -0.3 is 10.5 Å². The molecule has 122 valence electrons. The van der Waals surface area contributed by atoms with Crippen LogP contribution in [0.3, 0.4) is 0 Å². The Hall–Kier alpha value is -1.15. The maximum atomic E-state index is 11.9. The van der Waals surface area contributed by atoms with Crippen LogP contribution in [-0.4, -0.2) is 62.9 Å². The molecule has 0 aromatic carbocycles. The lowest BCUT2D eigenvalue weighted by molar-refractivity contribution is -0.142. The molecule has 1 aliphatic rings. The fourth-order valence-corrected chi connectivity index (χ4v) is 3.73. The average molecular weight is 320 g/mol. The zero-order valence-corrected chi connectivity index (χ0v) is 13.2. The lowest BCUT2D eigenvalue weighted by Crippen LogP contribution is -2.41. The van der Waals surface area contributed by atoms with Crippen molar-refractivity contribution in [3.8, 4) is 0 Å². The molecule has 1 amide bonds. The van der Waals surface area contributed by atoms with E-state index in [-0.39, 0.29) is 43.0 Å². The third-order valence-corrected chi connectivity index (χ3v) is 5.38. The highest BCUT2D eigenvalue weighted by Gasteiger charge is 2.26. The van der Waals surface area contributed by atoms with E-state index in [1.165, 1.54) is 7.11 Å². The molecular formula is C13H24N2O5S. The van der Waals surface area contributed by atoms with E-state index in [0.29, 0.717) is 0 Å². The van der Waals surface area contributed by atoms with Gasteiger partial charge in [-0.05, 0) is 12.8 Å². The molecule has 1 saturated carbocycles. The fourth-order valence-electron chi connectivity index (χ4n) is 2.51. The lowest BCUT2D eigenvalue weighted by atomic mass is 10.2. The molecule has 0 saturated heterocycles. The molecule has 0 unspecified atom stereocenters. The number of esters is 1. The molecule has 0 atom stereocenters. The van der Waals surface area contributed by atoms with Crippen LogP contribution in [0.5, 0.6) is 0 Å². The minimum Gasteiger partial charge on any atom is -0.468 e. The molecule has 8 heteroatoms. The van der Waals surface area contributed by atoms with Crippen molar-refractivity contribution in [3.63, 3.8) is 0 Å². The zero-order chi connectivity index (χ0) is 15.9. The van der Waals surface area contributed by atoms with Crippen LogP contribution in [0, 0.1) is 0 Å². The van der Waals surface area contributed by atoms with Crippen LogP contribution in [0.4, 0.5) is 0 Å². The van der Waals surface area contributed by atoms with Crippen LogP contribution < -0.4 is 5.73 Å². The first-order chi connectivity index (χ1) is 9.84. The van der Waals surface area contributed by atoms with Gasteiger partial charge >= 0.3 is 5.97 Å². The monoisotopic (exact) mass is 320 g/mol. The largest absolute Gasteiger partial charge is 0.468 e. The van der Waals surface area contributed by atoms with Gasteiger partial charge in [0.1, 0.15) is 0 Å². The lowest BCUT2D eigenvalue weighted by Gasteiger charge is -2.27. The topological polar surface area (TPSA) is 107 Å². The van der Waals surface area contributed by atoms with Gasteiger partial charge in [0.2, 0.25) is 5.91 Å². The fraction of sp³-hybridized carbons (Fsp3) is 0.846. The smallest absolute Gasteiger partial charge is 0.319 e. The first-order valence-corrected chi connectivity index (χ1v) is 8.96. The van der Waals surface area contributed by atoms with Crippen LogP contribution in [0.2, 0.25) is 0 Å². The third kappa shape index (κ3) is 6.90. The number of methoxy groups -OCH3 is 1. The second kappa shape index (κ2) is 8.33. The Morgan fingerprint density at radius 2 is 1.86 bits per heavy atom. The average Bonchev–Trinajstić information content (AvgIpc) is 2.95. The quantitative estimate of drug-likeness (QED) is 0.584. The molecule has 0 aromatic heterocycles. The molecule has 0 radical (unpaired) electrons. The van der Waals surface area contributed by atoms with Crippen molar-refractivity contribution in [2.45, 2.75) is 38.1 Å². The van der Waals surface area contributed by atoms with Gasteiger partial charge in [-0.15, -0.1) is 0 Å². The Morgan fingerprint density at radius 1 is 1.24 bits per heavy atom. The van der Waals surface area contributed by atoms with E-state index in [9.17, 15) is 18.0 Å². The molecule has 0 aromatic rings. The van der Waals surface area contributed by atoms with Crippen molar-refractivity contribution < 1.29 is 22.7 Å². The van der Waals surface area contributed by atoms with Crippen molar-refractivity contribution in [2.24, 2.45) is 5.73 Å². The summed E-state index contributed by atoms with van der Waals surface area (Å²) >= 11 is 0. The number of rotatable bonds is 9. The van der Waals surface area contributed by atoms with Crippen LogP contribution in [-0.2, 0) is 24.2 Å². The summed E-state index contributed by atoms with van der Waals surface area (Å²) in [5.41, 5.74) is 4.96. The Balaban J connectivity index is 2.55. The van der Waals surface area contributed by atoms with Crippen molar-refractivity contribution in [1.29, 1.82) is 0 Å². The number of nitrogens with two attached hydrogens (primary N) is 1. The second-order valence-corrected chi connectivity index (χ2v) is 7.66. The molecular weight excluding hydrogens is 296 g/mol. The molecule has 1 aliphatic carbocycles. The SMILES string of the molecule is COC(=O)CN(CCS(=O)(=O)CCC(N)=O)C1CCCC1. The number of carbonyl (C=O) groups excluding carboxylic acids is 2. The number of nitrogens with zero attached hydrogens (tertiary/aromatic N) is 1. The number of primary amides is 1. The maximum Gasteiger partial charge on any atom is 0.319 e. The zero-order valence-electron chi connectivity index (χ0n) is 12.4. The Morgan fingerprint density at radius 3 is 2.38 bits per heavy atom. The number of sulfone groups is 1. The Bertz CT molecular complexity index is 457. The molecule has 0 aliphatic heterocycles. The maximum absolute atomic E-state index is 11.9. The summed E-state index contributed by atoms with van der Waals surface area (Å²) in [6, 6.07) is 0.232. The summed E-state index contributed by atoms with van der Waals surface area (Å²) in [5, 5.41) is 0. The normalized spacial score (nSPS) is 16.3. The Kier molecular flexibility index (Phi) is 7.10. The summed E-state index contributed by atoms with van der Waals surface area (Å²) < 4.78 is 28.4. The van der Waals surface area contributed by atoms with E-state index >= 15 is 0 Å². The molecule has 0 bridgehead atoms. The van der Waals surface area contributed by atoms with E-state index in [4.69, 9.17) is 5.73 Å². The summed E-state index contributed by atoms with van der Waals surface area (Å²) in [7, 11) is -2.02. The highest BCUT2D eigenvalue weighted by Crippen LogP contribution is 2.23. The van der Waals surface area contributed by atoms with Gasteiger partial charge in [0.05, 0.1) is 25.2 Å². The van der Waals surface area contributed by atoms with Gasteiger partial charge in [-0.1, -0.05) is 12.8 Å². The molecule has 21 heavy (non-hydrogen) atoms. The van der Waals surface area contributed by atoms with E-state index in [2.05, 4.69) is 4.74 Å². The number of carbonyl (C=O) groups is 2. The van der Waals surface area contributed by atoms with Crippen molar-refractivity contribution in [3.05, 3.63) is 0 Å². The highest BCUT2D eigenvalue weighted by atomic mass is 32.2.